The van der Waals surface area contributed by atoms with Crippen LogP contribution < -0.4 is 0 Å². The van der Waals surface area contributed by atoms with Crippen LogP contribution in [0.4, 0.5) is 0 Å². The Labute approximate surface area is 643 Å². The van der Waals surface area contributed by atoms with E-state index in [1.54, 1.807) is 0 Å². The first-order chi connectivity index (χ1) is 54.3. The zero-order valence-corrected chi connectivity index (χ0v) is 62.3. The van der Waals surface area contributed by atoms with Gasteiger partial charge < -0.3 is 0 Å². The summed E-state index contributed by atoms with van der Waals surface area (Å²) in [7, 11) is 0. The van der Waals surface area contributed by atoms with Crippen molar-refractivity contribution in [2.24, 2.45) is 0 Å². The highest BCUT2D eigenvalue weighted by molar-refractivity contribution is 6.26. The number of rotatable bonds is 7. The largest absolute Gasteiger partial charge is 0.0622 e. The van der Waals surface area contributed by atoms with E-state index < -0.39 is 0 Å². The summed E-state index contributed by atoms with van der Waals surface area (Å²) in [4.78, 5) is 0. The van der Waals surface area contributed by atoms with Gasteiger partial charge in [-0.25, -0.2) is 0 Å². The van der Waals surface area contributed by atoms with E-state index in [4.69, 9.17) is 0 Å². The lowest BCUT2D eigenvalue weighted by atomic mass is 9.84. The first-order valence-corrected chi connectivity index (χ1v) is 38.3. The van der Waals surface area contributed by atoms with Gasteiger partial charge in [0.1, 0.15) is 0 Å². The Kier molecular flexibility index (Phi) is 18.5. The van der Waals surface area contributed by atoms with Crippen molar-refractivity contribution in [3.63, 3.8) is 0 Å². The van der Waals surface area contributed by atoms with Crippen molar-refractivity contribution in [3.05, 3.63) is 435 Å². The molecule has 0 fully saturated rings. The molecule has 0 radical (unpaired) electrons. The Hall–Kier alpha value is -13.8. The molecule has 21 aromatic carbocycles. The van der Waals surface area contributed by atoms with Crippen LogP contribution in [0.2, 0.25) is 0 Å². The molecule has 0 atom stereocenters. The van der Waals surface area contributed by atoms with Gasteiger partial charge in [0.2, 0.25) is 0 Å². The van der Waals surface area contributed by atoms with Crippen molar-refractivity contribution in [2.75, 3.05) is 0 Å². The van der Waals surface area contributed by atoms with Crippen molar-refractivity contribution in [1.82, 2.24) is 0 Å². The van der Waals surface area contributed by atoms with Crippen LogP contribution in [0.5, 0.6) is 0 Å². The van der Waals surface area contributed by atoms with Crippen LogP contribution in [0, 0.1) is 27.7 Å². The normalized spacial score (nSPS) is 11.3. The zero-order chi connectivity index (χ0) is 74.0. The molecule has 21 aromatic rings. The van der Waals surface area contributed by atoms with Gasteiger partial charge in [0.25, 0.3) is 0 Å². The van der Waals surface area contributed by atoms with Gasteiger partial charge in [-0.1, -0.05) is 400 Å². The fourth-order valence-electron chi connectivity index (χ4n) is 17.3. The average Bonchev–Trinajstić information content (AvgIpc) is 0.747. The summed E-state index contributed by atoms with van der Waals surface area (Å²) in [5.41, 5.74) is 23.6. The van der Waals surface area contributed by atoms with Gasteiger partial charge in [0.05, 0.1) is 0 Å². The van der Waals surface area contributed by atoms with Crippen LogP contribution in [-0.4, -0.2) is 0 Å². The molecular weight excluding hydrogens is 1320 g/mol. The van der Waals surface area contributed by atoms with E-state index in [0.717, 1.165) is 0 Å². The Bertz CT molecular complexity index is 6840. The first-order valence-electron chi connectivity index (χ1n) is 38.3. The molecule has 110 heavy (non-hydrogen) atoms. The van der Waals surface area contributed by atoms with E-state index in [1.807, 2.05) is 0 Å². The summed E-state index contributed by atoms with van der Waals surface area (Å²) in [5.74, 6) is 0. The number of fused-ring (bicyclic) bond motifs is 10. The van der Waals surface area contributed by atoms with Gasteiger partial charge in [0, 0.05) is 0 Å². The molecule has 0 heteroatoms. The van der Waals surface area contributed by atoms with Crippen LogP contribution in [-0.2, 0) is 0 Å². The lowest BCUT2D eigenvalue weighted by Crippen LogP contribution is -1.92. The number of aryl methyl sites for hydroxylation is 4. The van der Waals surface area contributed by atoms with Crippen LogP contribution in [0.15, 0.2) is 413 Å². The lowest BCUT2D eigenvalue weighted by Gasteiger charge is -2.19. The summed E-state index contributed by atoms with van der Waals surface area (Å²) in [6, 6.07) is 149. The second kappa shape index (κ2) is 29.9. The molecule has 0 aliphatic carbocycles. The fourth-order valence-corrected chi connectivity index (χ4v) is 17.3. The molecule has 520 valence electrons. The number of benzene rings is 21. The highest BCUT2D eigenvalue weighted by atomic mass is 14.3. The second-order valence-electron chi connectivity index (χ2n) is 28.9. The van der Waals surface area contributed by atoms with Crippen LogP contribution in [0.25, 0.3) is 186 Å². The van der Waals surface area contributed by atoms with Crippen LogP contribution in [0.1, 0.15) is 22.3 Å². The molecule has 0 heterocycles. The monoisotopic (exact) mass is 1400 g/mol. The third kappa shape index (κ3) is 12.6. The van der Waals surface area contributed by atoms with Crippen LogP contribution >= 0.6 is 0 Å². The van der Waals surface area contributed by atoms with E-state index >= 15 is 0 Å². The Morgan fingerprint density at radius 1 is 0.118 bits per heavy atom. The van der Waals surface area contributed by atoms with E-state index in [2.05, 4.69) is 440 Å². The minimum atomic E-state index is 1.27. The average molecular weight is 1400 g/mol. The smallest absolute Gasteiger partial charge is 0.00201 e. The second-order valence-corrected chi connectivity index (χ2v) is 28.9. The quantitative estimate of drug-likeness (QED) is 0.140. The summed E-state index contributed by atoms with van der Waals surface area (Å²) in [6.45, 7) is 8.80. The molecule has 0 aromatic heterocycles. The Morgan fingerprint density at radius 3 is 0.718 bits per heavy atom. The molecule has 21 rings (SSSR count). The fraction of sp³-hybridized carbons (Fsp3) is 0.0364. The molecular formula is C110H80. The summed E-state index contributed by atoms with van der Waals surface area (Å²) in [6.07, 6.45) is 0. The molecule has 0 spiro atoms. The number of hydrogen-bond donors (Lipinski definition) is 0. The molecule has 0 saturated carbocycles. The predicted molar refractivity (Wildman–Crippen MR) is 478 cm³/mol. The van der Waals surface area contributed by atoms with E-state index in [9.17, 15) is 0 Å². The maximum atomic E-state index is 2.33. The Morgan fingerprint density at radius 2 is 0.355 bits per heavy atom. The SMILES string of the molecule is Cc1ccccc1-c1c2ccccc2c(-c2ccc3ccccc3c2)c2ccccc12.Cc1ccccc1-c1c2ccccc2c(-c2cccc3ccccc23)c2ccccc12.Cc1ccccc1-c1c2ccccc2c(-c2ccccc2)c2ccccc12.Cc1ccccc1-c1c2ccccc2cc2ccccc12. The maximum absolute atomic E-state index is 2.33. The highest BCUT2D eigenvalue weighted by Crippen LogP contribution is 2.49. The van der Waals surface area contributed by atoms with Gasteiger partial charge in [-0.3, -0.25) is 0 Å². The molecule has 0 unspecified atom stereocenters. The van der Waals surface area contributed by atoms with Crippen molar-refractivity contribution < 1.29 is 0 Å². The van der Waals surface area contributed by atoms with Gasteiger partial charge in [-0.15, -0.1) is 0 Å². The number of hydrogen-bond acceptors (Lipinski definition) is 0. The van der Waals surface area contributed by atoms with Gasteiger partial charge in [0.15, 0.2) is 0 Å². The van der Waals surface area contributed by atoms with Crippen LogP contribution in [0.3, 0.4) is 0 Å². The van der Waals surface area contributed by atoms with Crippen molar-refractivity contribution in [3.8, 4) is 77.9 Å². The van der Waals surface area contributed by atoms with E-state index in [1.165, 1.54) is 208 Å². The maximum Gasteiger partial charge on any atom is -0.00201 e. The minimum Gasteiger partial charge on any atom is -0.0622 e. The minimum absolute atomic E-state index is 1.27. The van der Waals surface area contributed by atoms with Crippen molar-refractivity contribution in [1.29, 1.82) is 0 Å². The molecule has 0 aliphatic rings. The van der Waals surface area contributed by atoms with Crippen molar-refractivity contribution >= 4 is 108 Å². The summed E-state index contributed by atoms with van der Waals surface area (Å²) >= 11 is 0. The molecule has 0 aliphatic heterocycles. The van der Waals surface area contributed by atoms with Crippen molar-refractivity contribution in [2.45, 2.75) is 27.7 Å². The highest BCUT2D eigenvalue weighted by Gasteiger charge is 2.22. The topological polar surface area (TPSA) is 0 Å². The predicted octanol–water partition coefficient (Wildman–Crippen LogP) is 31.2. The molecule has 0 amide bonds. The van der Waals surface area contributed by atoms with Gasteiger partial charge >= 0.3 is 0 Å². The standard InChI is InChI=1S/2C31H22.C27H20.C21H16/c1-21-10-2-5-13-25(21)31-28-16-8-6-14-26(28)30(27-15-7-9-17-29(27)31)24-19-18-22-11-3-4-12-23(22)20-24;1-21-11-2-4-14-23(21)30-26-16-6-8-18-28(26)31(29-19-9-7-17-27(29)30)25-20-10-13-22-12-3-5-15-24(22)25;1-19-11-5-6-14-21(19)27-24-17-9-7-15-22(24)26(20-12-3-2-4-13-20)23-16-8-10-18-25(23)27;1-15-8-2-5-11-18(15)21-19-12-6-3-9-16(19)14-17-10-4-7-13-20(17)21/h2*2-20H,1H3;2-18H,1H3;2-14H,1H3. The van der Waals surface area contributed by atoms with E-state index in [0.29, 0.717) is 0 Å². The first kappa shape index (κ1) is 68.1. The Balaban J connectivity index is 0.000000104. The third-order valence-corrected chi connectivity index (χ3v) is 22.4. The summed E-state index contributed by atoms with van der Waals surface area (Å²) < 4.78 is 0. The van der Waals surface area contributed by atoms with Gasteiger partial charge in [-0.2, -0.15) is 0 Å². The third-order valence-electron chi connectivity index (χ3n) is 22.4. The zero-order valence-electron chi connectivity index (χ0n) is 62.3. The lowest BCUT2D eigenvalue weighted by molar-refractivity contribution is 1.47. The van der Waals surface area contributed by atoms with Gasteiger partial charge in [-0.05, 0) is 248 Å². The van der Waals surface area contributed by atoms with E-state index in [-0.39, 0.29) is 0 Å². The molecule has 0 nitrogen and oxygen atoms in total. The molecule has 0 N–H and O–H groups in total. The molecule has 0 bridgehead atoms. The molecule has 0 saturated heterocycles. The summed E-state index contributed by atoms with van der Waals surface area (Å²) in [5, 5.41) is 26.0.